The fourth-order valence-corrected chi connectivity index (χ4v) is 4.15. The summed E-state index contributed by atoms with van der Waals surface area (Å²) in [6, 6.07) is 8.13. The first kappa shape index (κ1) is 19.7. The van der Waals surface area contributed by atoms with Crippen molar-refractivity contribution in [1.82, 2.24) is 15.1 Å². The van der Waals surface area contributed by atoms with E-state index in [1.807, 2.05) is 41.0 Å². The summed E-state index contributed by atoms with van der Waals surface area (Å²) in [5, 5.41) is 3.05. The van der Waals surface area contributed by atoms with Gasteiger partial charge in [-0.2, -0.15) is 0 Å². The fourth-order valence-electron chi connectivity index (χ4n) is 4.15. The molecule has 5 nitrogen and oxygen atoms in total. The second-order valence-electron chi connectivity index (χ2n) is 8.05. The molecule has 148 valence electrons. The number of nitrogens with zero attached hydrogens (tertiary/aromatic N) is 2. The van der Waals surface area contributed by atoms with Gasteiger partial charge >= 0.3 is 6.03 Å². The molecule has 5 heteroatoms. The maximum absolute atomic E-state index is 12.5. The molecule has 27 heavy (non-hydrogen) atoms. The fraction of sp³-hybridized carbons (Fsp3) is 0.636. The Kier molecular flexibility index (Phi) is 7.13. The first-order chi connectivity index (χ1) is 13.1. The van der Waals surface area contributed by atoms with Crippen molar-refractivity contribution in [3.63, 3.8) is 0 Å². The van der Waals surface area contributed by atoms with Crippen LogP contribution in [0.1, 0.15) is 49.7 Å². The smallest absolute Gasteiger partial charge is 0.317 e. The Bertz CT molecular complexity index is 615. The van der Waals surface area contributed by atoms with Crippen molar-refractivity contribution < 1.29 is 9.59 Å². The summed E-state index contributed by atoms with van der Waals surface area (Å²) in [6.45, 7) is 5.30. The minimum Gasteiger partial charge on any atom is -0.339 e. The average Bonchev–Trinajstić information content (AvgIpc) is 3.20. The molecule has 0 bridgehead atoms. The van der Waals surface area contributed by atoms with Crippen molar-refractivity contribution >= 4 is 11.9 Å². The highest BCUT2D eigenvalue weighted by Crippen LogP contribution is 2.28. The van der Waals surface area contributed by atoms with E-state index < -0.39 is 0 Å². The first-order valence-electron chi connectivity index (χ1n) is 10.5. The standard InChI is InChI=1S/C22H33N3O2/c1-18-8-10-20(11-9-18)17-21(26)24-13-15-25(16-14-24)22(27)23-12-4-7-19-5-2-3-6-19/h8-11,19H,2-7,12-17H2,1H3,(H,23,27). The van der Waals surface area contributed by atoms with Gasteiger partial charge in [0.25, 0.3) is 0 Å². The lowest BCUT2D eigenvalue weighted by Gasteiger charge is -2.34. The Morgan fingerprint density at radius 3 is 2.30 bits per heavy atom. The van der Waals surface area contributed by atoms with Crippen LogP contribution in [0.4, 0.5) is 4.79 Å². The molecule has 0 aromatic heterocycles. The first-order valence-corrected chi connectivity index (χ1v) is 10.5. The van der Waals surface area contributed by atoms with Crippen molar-refractivity contribution in [2.45, 2.75) is 51.9 Å². The number of nitrogens with one attached hydrogen (secondary N) is 1. The van der Waals surface area contributed by atoms with E-state index in [9.17, 15) is 9.59 Å². The van der Waals surface area contributed by atoms with Crippen LogP contribution in [0.15, 0.2) is 24.3 Å². The second-order valence-corrected chi connectivity index (χ2v) is 8.05. The quantitative estimate of drug-likeness (QED) is 0.780. The second kappa shape index (κ2) is 9.77. The molecule has 1 aromatic carbocycles. The van der Waals surface area contributed by atoms with E-state index in [1.54, 1.807) is 0 Å². The number of carbonyl (C=O) groups is 2. The van der Waals surface area contributed by atoms with Crippen LogP contribution < -0.4 is 5.32 Å². The molecule has 3 rings (SSSR count). The zero-order valence-corrected chi connectivity index (χ0v) is 16.6. The summed E-state index contributed by atoms with van der Waals surface area (Å²) in [5.74, 6) is 1.03. The Morgan fingerprint density at radius 1 is 1.00 bits per heavy atom. The molecule has 0 radical (unpaired) electrons. The van der Waals surface area contributed by atoms with Gasteiger partial charge in [0.05, 0.1) is 6.42 Å². The van der Waals surface area contributed by atoms with Gasteiger partial charge in [0.15, 0.2) is 0 Å². The van der Waals surface area contributed by atoms with Gasteiger partial charge in [-0.15, -0.1) is 0 Å². The highest BCUT2D eigenvalue weighted by atomic mass is 16.2. The van der Waals surface area contributed by atoms with E-state index in [2.05, 4.69) is 5.32 Å². The predicted octanol–water partition coefficient (Wildman–Crippen LogP) is 3.36. The molecular formula is C22H33N3O2. The lowest BCUT2D eigenvalue weighted by molar-refractivity contribution is -0.131. The molecule has 3 amide bonds. The molecule has 1 aliphatic heterocycles. The van der Waals surface area contributed by atoms with E-state index in [0.717, 1.165) is 24.4 Å². The number of benzene rings is 1. The van der Waals surface area contributed by atoms with E-state index in [4.69, 9.17) is 0 Å². The normalized spacial score (nSPS) is 18.0. The molecule has 0 spiro atoms. The van der Waals surface area contributed by atoms with E-state index in [0.29, 0.717) is 32.6 Å². The molecule has 1 heterocycles. The molecule has 2 aliphatic rings. The van der Waals surface area contributed by atoms with Gasteiger partial charge in [-0.25, -0.2) is 4.79 Å². The number of hydrogen-bond donors (Lipinski definition) is 1. The number of carbonyl (C=O) groups excluding carboxylic acids is 2. The minimum atomic E-state index is 0.0204. The number of rotatable bonds is 6. The Labute approximate surface area is 163 Å². The zero-order valence-electron chi connectivity index (χ0n) is 16.6. The summed E-state index contributed by atoms with van der Waals surface area (Å²) in [5.41, 5.74) is 2.25. The van der Waals surface area contributed by atoms with Crippen LogP contribution in [-0.2, 0) is 11.2 Å². The van der Waals surface area contributed by atoms with Crippen molar-refractivity contribution in [3.8, 4) is 0 Å². The summed E-state index contributed by atoms with van der Waals surface area (Å²) >= 11 is 0. The molecule has 0 atom stereocenters. The maximum atomic E-state index is 12.5. The molecule has 1 saturated heterocycles. The maximum Gasteiger partial charge on any atom is 0.317 e. The molecule has 2 fully saturated rings. The largest absolute Gasteiger partial charge is 0.339 e. The Morgan fingerprint density at radius 2 is 1.63 bits per heavy atom. The number of piperazine rings is 1. The Hall–Kier alpha value is -2.04. The minimum absolute atomic E-state index is 0.0204. The van der Waals surface area contributed by atoms with Gasteiger partial charge in [0, 0.05) is 32.7 Å². The van der Waals surface area contributed by atoms with Crippen molar-refractivity contribution in [3.05, 3.63) is 35.4 Å². The van der Waals surface area contributed by atoms with Crippen LogP contribution in [0.5, 0.6) is 0 Å². The van der Waals surface area contributed by atoms with Gasteiger partial charge in [-0.1, -0.05) is 55.5 Å². The summed E-state index contributed by atoms with van der Waals surface area (Å²) in [7, 11) is 0. The van der Waals surface area contributed by atoms with Crippen LogP contribution >= 0.6 is 0 Å². The number of hydrogen-bond acceptors (Lipinski definition) is 2. The average molecular weight is 372 g/mol. The lowest BCUT2D eigenvalue weighted by atomic mass is 10.0. The third-order valence-corrected chi connectivity index (χ3v) is 5.94. The van der Waals surface area contributed by atoms with Gasteiger partial charge in [0.1, 0.15) is 0 Å². The predicted molar refractivity (Wildman–Crippen MR) is 108 cm³/mol. The number of urea groups is 1. The number of aryl methyl sites for hydroxylation is 1. The van der Waals surface area contributed by atoms with Crippen LogP contribution in [-0.4, -0.2) is 54.5 Å². The van der Waals surface area contributed by atoms with Crippen LogP contribution in [0, 0.1) is 12.8 Å². The third kappa shape index (κ3) is 5.98. The Balaban J connectivity index is 1.33. The van der Waals surface area contributed by atoms with Crippen LogP contribution in [0.25, 0.3) is 0 Å². The van der Waals surface area contributed by atoms with Crippen LogP contribution in [0.2, 0.25) is 0 Å². The van der Waals surface area contributed by atoms with Crippen molar-refractivity contribution in [2.24, 2.45) is 5.92 Å². The molecular weight excluding hydrogens is 338 g/mol. The summed E-state index contributed by atoms with van der Waals surface area (Å²) in [6.07, 6.45) is 8.24. The molecule has 1 N–H and O–H groups in total. The van der Waals surface area contributed by atoms with E-state index >= 15 is 0 Å². The topological polar surface area (TPSA) is 52.7 Å². The van der Waals surface area contributed by atoms with E-state index in [1.165, 1.54) is 37.7 Å². The van der Waals surface area contributed by atoms with E-state index in [-0.39, 0.29) is 11.9 Å². The summed E-state index contributed by atoms with van der Waals surface area (Å²) < 4.78 is 0. The summed E-state index contributed by atoms with van der Waals surface area (Å²) in [4.78, 5) is 28.5. The molecule has 1 saturated carbocycles. The number of amides is 3. The van der Waals surface area contributed by atoms with Gasteiger partial charge in [-0.05, 0) is 31.2 Å². The highest BCUT2D eigenvalue weighted by Gasteiger charge is 2.24. The SMILES string of the molecule is Cc1ccc(CC(=O)N2CCN(C(=O)NCCCC3CCCC3)CC2)cc1. The van der Waals surface area contributed by atoms with Crippen molar-refractivity contribution in [1.29, 1.82) is 0 Å². The van der Waals surface area contributed by atoms with Gasteiger partial charge < -0.3 is 15.1 Å². The molecule has 1 aromatic rings. The van der Waals surface area contributed by atoms with Crippen molar-refractivity contribution in [2.75, 3.05) is 32.7 Å². The van der Waals surface area contributed by atoms with Crippen LogP contribution in [0.3, 0.4) is 0 Å². The van der Waals surface area contributed by atoms with Gasteiger partial charge in [-0.3, -0.25) is 4.79 Å². The molecule has 0 unspecified atom stereocenters. The van der Waals surface area contributed by atoms with Gasteiger partial charge in [0.2, 0.25) is 5.91 Å². The zero-order chi connectivity index (χ0) is 19.1. The highest BCUT2D eigenvalue weighted by molar-refractivity contribution is 5.79. The lowest BCUT2D eigenvalue weighted by Crippen LogP contribution is -2.53. The third-order valence-electron chi connectivity index (χ3n) is 5.94. The molecule has 1 aliphatic carbocycles. The monoisotopic (exact) mass is 371 g/mol.